The molecule has 138 valence electrons. The molecule has 0 atom stereocenters. The van der Waals surface area contributed by atoms with E-state index < -0.39 is 0 Å². The number of benzene rings is 1. The molecule has 0 aliphatic rings. The van der Waals surface area contributed by atoms with Crippen LogP contribution in [-0.2, 0) is 20.1 Å². The zero-order valence-electron chi connectivity index (χ0n) is 15.3. The molecule has 0 saturated heterocycles. The molecule has 0 aliphatic carbocycles. The highest BCUT2D eigenvalue weighted by atomic mass is 127. The molecule has 2 rings (SSSR count). The lowest BCUT2D eigenvalue weighted by molar-refractivity contribution is 0.475. The number of rotatable bonds is 5. The summed E-state index contributed by atoms with van der Waals surface area (Å²) in [6.07, 6.45) is 1.88. The Kier molecular flexibility index (Phi) is 8.51. The van der Waals surface area contributed by atoms with Gasteiger partial charge in [-0.3, -0.25) is 4.99 Å². The van der Waals surface area contributed by atoms with Crippen LogP contribution in [0.3, 0.4) is 0 Å². The molecule has 0 radical (unpaired) electrons. The molecule has 0 amide bonds. The number of imidazole rings is 1. The minimum atomic E-state index is 0. The Morgan fingerprint density at radius 2 is 1.88 bits per heavy atom. The largest absolute Gasteiger partial charge is 0.351 e. The Labute approximate surface area is 171 Å². The topological polar surface area (TPSA) is 48.7 Å². The summed E-state index contributed by atoms with van der Waals surface area (Å²) in [6.45, 7) is 1.42. The van der Waals surface area contributed by atoms with Crippen LogP contribution in [-0.4, -0.2) is 48.6 Å². The Hall–Kier alpha value is -1.48. The molecule has 0 spiro atoms. The summed E-state index contributed by atoms with van der Waals surface area (Å²) in [6, 6.07) is 7.85. The minimum Gasteiger partial charge on any atom is -0.351 e. The maximum atomic E-state index is 5.93. The van der Waals surface area contributed by atoms with Crippen LogP contribution in [0.1, 0.15) is 11.3 Å². The Bertz CT molecular complexity index is 696. The van der Waals surface area contributed by atoms with Crippen molar-refractivity contribution in [3.05, 3.63) is 46.7 Å². The average molecular weight is 477 g/mol. The molecule has 0 saturated carbocycles. The number of nitrogens with zero attached hydrogens (tertiary/aromatic N) is 5. The van der Waals surface area contributed by atoms with E-state index >= 15 is 0 Å². The highest BCUT2D eigenvalue weighted by Gasteiger charge is 2.11. The number of hydrogen-bond donors (Lipinski definition) is 1. The predicted octanol–water partition coefficient (Wildman–Crippen LogP) is 2.96. The zero-order chi connectivity index (χ0) is 17.7. The monoisotopic (exact) mass is 476 g/mol. The molecular formula is C17H26ClIN6. The van der Waals surface area contributed by atoms with Gasteiger partial charge in [0, 0.05) is 46.8 Å². The summed E-state index contributed by atoms with van der Waals surface area (Å²) in [5, 5.41) is 4.13. The maximum Gasteiger partial charge on any atom is 0.204 e. The molecule has 0 fully saturated rings. The van der Waals surface area contributed by atoms with Crippen molar-refractivity contribution in [3.8, 4) is 0 Å². The van der Waals surface area contributed by atoms with Gasteiger partial charge in [0.05, 0.1) is 18.4 Å². The fourth-order valence-corrected chi connectivity index (χ4v) is 2.63. The number of aliphatic imine (C=N–C) groups is 1. The summed E-state index contributed by atoms with van der Waals surface area (Å²) < 4.78 is 2.07. The second-order valence-corrected chi connectivity index (χ2v) is 6.32. The third-order valence-electron chi connectivity index (χ3n) is 3.79. The SMILES string of the molecule is CN=C(NCc1cnc(N(C)C)n1C)N(C)Cc1ccc(Cl)cc1.I. The molecule has 1 heterocycles. The molecule has 0 unspecified atom stereocenters. The molecule has 0 bridgehead atoms. The quantitative estimate of drug-likeness (QED) is 0.409. The van der Waals surface area contributed by atoms with E-state index in [1.165, 1.54) is 5.56 Å². The smallest absolute Gasteiger partial charge is 0.204 e. The molecule has 1 aromatic carbocycles. The first kappa shape index (κ1) is 21.6. The first-order valence-electron chi connectivity index (χ1n) is 7.76. The molecule has 2 aromatic rings. The van der Waals surface area contributed by atoms with Crippen molar-refractivity contribution in [1.82, 2.24) is 19.8 Å². The van der Waals surface area contributed by atoms with Crippen molar-refractivity contribution >= 4 is 47.5 Å². The van der Waals surface area contributed by atoms with E-state index in [4.69, 9.17) is 11.6 Å². The van der Waals surface area contributed by atoms with E-state index in [0.717, 1.165) is 29.2 Å². The first-order chi connectivity index (χ1) is 11.4. The van der Waals surface area contributed by atoms with Crippen molar-refractivity contribution in [2.24, 2.45) is 12.0 Å². The number of hydrogen-bond acceptors (Lipinski definition) is 3. The second kappa shape index (κ2) is 9.86. The van der Waals surface area contributed by atoms with E-state index in [-0.39, 0.29) is 24.0 Å². The van der Waals surface area contributed by atoms with E-state index in [9.17, 15) is 0 Å². The summed E-state index contributed by atoms with van der Waals surface area (Å²) in [5.74, 6) is 1.76. The van der Waals surface area contributed by atoms with E-state index in [1.807, 2.05) is 63.6 Å². The molecule has 1 aromatic heterocycles. The van der Waals surface area contributed by atoms with Gasteiger partial charge in [-0.05, 0) is 17.7 Å². The molecule has 25 heavy (non-hydrogen) atoms. The third-order valence-corrected chi connectivity index (χ3v) is 4.05. The van der Waals surface area contributed by atoms with Crippen LogP contribution in [0.25, 0.3) is 0 Å². The Morgan fingerprint density at radius 1 is 1.24 bits per heavy atom. The van der Waals surface area contributed by atoms with Crippen LogP contribution in [0.15, 0.2) is 35.5 Å². The van der Waals surface area contributed by atoms with Crippen molar-refractivity contribution in [1.29, 1.82) is 0 Å². The lowest BCUT2D eigenvalue weighted by Crippen LogP contribution is -2.38. The fraction of sp³-hybridized carbons (Fsp3) is 0.412. The van der Waals surface area contributed by atoms with Gasteiger partial charge in [0.15, 0.2) is 5.96 Å². The van der Waals surface area contributed by atoms with Gasteiger partial charge in [-0.2, -0.15) is 0 Å². The van der Waals surface area contributed by atoms with E-state index in [1.54, 1.807) is 7.05 Å². The number of anilines is 1. The van der Waals surface area contributed by atoms with Crippen molar-refractivity contribution in [3.63, 3.8) is 0 Å². The van der Waals surface area contributed by atoms with Gasteiger partial charge in [-0.25, -0.2) is 4.98 Å². The minimum absolute atomic E-state index is 0. The first-order valence-corrected chi connectivity index (χ1v) is 8.14. The second-order valence-electron chi connectivity index (χ2n) is 5.89. The lowest BCUT2D eigenvalue weighted by Gasteiger charge is -2.22. The van der Waals surface area contributed by atoms with E-state index in [2.05, 4.69) is 24.8 Å². The molecule has 6 nitrogen and oxygen atoms in total. The number of guanidine groups is 1. The van der Waals surface area contributed by atoms with Crippen molar-refractivity contribution in [2.75, 3.05) is 33.1 Å². The number of halogens is 2. The van der Waals surface area contributed by atoms with Gasteiger partial charge in [0.25, 0.3) is 0 Å². The Morgan fingerprint density at radius 3 is 2.40 bits per heavy atom. The molecule has 1 N–H and O–H groups in total. The standard InChI is InChI=1S/C17H25ClN6.HI/c1-19-16(23(4)12-13-6-8-14(18)9-7-13)20-10-15-11-21-17(22(2)3)24(15)5;/h6-9,11H,10,12H2,1-5H3,(H,19,20);1H. The highest BCUT2D eigenvalue weighted by Crippen LogP contribution is 2.12. The predicted molar refractivity (Wildman–Crippen MR) is 116 cm³/mol. The van der Waals surface area contributed by atoms with Gasteiger partial charge in [0.2, 0.25) is 5.95 Å². The van der Waals surface area contributed by atoms with Crippen molar-refractivity contribution < 1.29 is 0 Å². The maximum absolute atomic E-state index is 5.93. The third kappa shape index (κ3) is 5.78. The normalized spacial score (nSPS) is 11.0. The van der Waals surface area contributed by atoms with Gasteiger partial charge < -0.3 is 19.7 Å². The van der Waals surface area contributed by atoms with Gasteiger partial charge in [-0.1, -0.05) is 23.7 Å². The number of aromatic nitrogens is 2. The molecule has 8 heteroatoms. The summed E-state index contributed by atoms with van der Waals surface area (Å²) >= 11 is 5.93. The van der Waals surface area contributed by atoms with Crippen molar-refractivity contribution in [2.45, 2.75) is 13.1 Å². The molecular weight excluding hydrogens is 451 g/mol. The van der Waals surface area contributed by atoms with Crippen LogP contribution < -0.4 is 10.2 Å². The Balaban J connectivity index is 0.00000312. The summed E-state index contributed by atoms with van der Waals surface area (Å²) in [4.78, 5) is 12.8. The van der Waals surface area contributed by atoms with Crippen LogP contribution in [0.4, 0.5) is 5.95 Å². The van der Waals surface area contributed by atoms with Gasteiger partial charge in [0.1, 0.15) is 0 Å². The molecule has 0 aliphatic heterocycles. The van der Waals surface area contributed by atoms with Crippen LogP contribution in [0.2, 0.25) is 5.02 Å². The van der Waals surface area contributed by atoms with Crippen LogP contribution >= 0.6 is 35.6 Å². The van der Waals surface area contributed by atoms with Crippen LogP contribution in [0.5, 0.6) is 0 Å². The van der Waals surface area contributed by atoms with E-state index in [0.29, 0.717) is 6.54 Å². The highest BCUT2D eigenvalue weighted by molar-refractivity contribution is 14.0. The zero-order valence-corrected chi connectivity index (χ0v) is 18.4. The van der Waals surface area contributed by atoms with Crippen LogP contribution in [0, 0.1) is 0 Å². The van der Waals surface area contributed by atoms with Gasteiger partial charge >= 0.3 is 0 Å². The van der Waals surface area contributed by atoms with Gasteiger partial charge in [-0.15, -0.1) is 24.0 Å². The average Bonchev–Trinajstić information content (AvgIpc) is 2.91. The number of nitrogens with one attached hydrogen (secondary N) is 1. The summed E-state index contributed by atoms with van der Waals surface area (Å²) in [7, 11) is 9.78. The summed E-state index contributed by atoms with van der Waals surface area (Å²) in [5.41, 5.74) is 2.28. The lowest BCUT2D eigenvalue weighted by atomic mass is 10.2. The fourth-order valence-electron chi connectivity index (χ4n) is 2.51.